The molecule has 20 heavy (non-hydrogen) atoms. The average Bonchev–Trinajstić information content (AvgIpc) is 2.48. The molecule has 1 aliphatic carbocycles. The van der Waals surface area contributed by atoms with E-state index in [-0.39, 0.29) is 6.61 Å². The first-order valence-corrected chi connectivity index (χ1v) is 7.72. The Bertz CT molecular complexity index is 446. The number of nitrogens with zero attached hydrogens (tertiary/aromatic N) is 2. The number of aromatic nitrogens is 1. The summed E-state index contributed by atoms with van der Waals surface area (Å²) in [6.45, 7) is 1.63. The van der Waals surface area contributed by atoms with Crippen molar-refractivity contribution in [3.63, 3.8) is 0 Å². The summed E-state index contributed by atoms with van der Waals surface area (Å²) in [5.74, 6) is 0. The van der Waals surface area contributed by atoms with Gasteiger partial charge >= 0.3 is 0 Å². The second-order valence-electron chi connectivity index (χ2n) is 5.36. The van der Waals surface area contributed by atoms with Crippen LogP contribution in [0, 0.1) is 0 Å². The van der Waals surface area contributed by atoms with Gasteiger partial charge in [0, 0.05) is 25.3 Å². The van der Waals surface area contributed by atoms with Gasteiger partial charge in [-0.2, -0.15) is 0 Å². The lowest BCUT2D eigenvalue weighted by Gasteiger charge is -2.34. The van der Waals surface area contributed by atoms with Crippen LogP contribution in [0.15, 0.2) is 18.3 Å². The molecular weight excluding hydrogens is 270 g/mol. The molecule has 1 saturated carbocycles. The van der Waals surface area contributed by atoms with Crippen LogP contribution in [0.3, 0.4) is 0 Å². The van der Waals surface area contributed by atoms with Crippen LogP contribution in [0.1, 0.15) is 43.4 Å². The fourth-order valence-corrected chi connectivity index (χ4v) is 3.16. The van der Waals surface area contributed by atoms with Crippen molar-refractivity contribution in [1.29, 1.82) is 0 Å². The predicted octanol–water partition coefficient (Wildman–Crippen LogP) is 1.84. The molecule has 0 amide bonds. The molecule has 0 unspecified atom stereocenters. The van der Waals surface area contributed by atoms with Crippen molar-refractivity contribution >= 4 is 17.2 Å². The van der Waals surface area contributed by atoms with Gasteiger partial charge in [-0.05, 0) is 24.5 Å². The van der Waals surface area contributed by atoms with Crippen molar-refractivity contribution in [2.45, 2.75) is 44.7 Å². The quantitative estimate of drug-likeness (QED) is 0.784. The van der Waals surface area contributed by atoms with Crippen molar-refractivity contribution in [2.24, 2.45) is 5.73 Å². The number of thiocarbonyl (C=S) groups is 1. The summed E-state index contributed by atoms with van der Waals surface area (Å²) >= 11 is 5.07. The van der Waals surface area contributed by atoms with Gasteiger partial charge in [0.1, 0.15) is 10.7 Å². The molecule has 0 aromatic carbocycles. The Balaban J connectivity index is 2.13. The second kappa shape index (κ2) is 7.67. The summed E-state index contributed by atoms with van der Waals surface area (Å²) in [6.07, 6.45) is 8.03. The minimum absolute atomic E-state index is 0.180. The maximum Gasteiger partial charge on any atom is 0.123 e. The zero-order valence-electron chi connectivity index (χ0n) is 11.8. The predicted molar refractivity (Wildman–Crippen MR) is 84.5 cm³/mol. The lowest BCUT2D eigenvalue weighted by atomic mass is 9.93. The third kappa shape index (κ3) is 3.98. The van der Waals surface area contributed by atoms with E-state index in [4.69, 9.17) is 18.0 Å². The largest absolute Gasteiger partial charge is 0.395 e. The van der Waals surface area contributed by atoms with Crippen molar-refractivity contribution in [3.05, 3.63) is 29.6 Å². The average molecular weight is 293 g/mol. The van der Waals surface area contributed by atoms with Gasteiger partial charge < -0.3 is 10.8 Å². The molecule has 1 aromatic heterocycles. The molecule has 0 spiro atoms. The van der Waals surface area contributed by atoms with Gasteiger partial charge in [0.2, 0.25) is 0 Å². The van der Waals surface area contributed by atoms with E-state index in [1.807, 2.05) is 12.1 Å². The van der Waals surface area contributed by atoms with E-state index in [1.165, 1.54) is 32.1 Å². The van der Waals surface area contributed by atoms with Gasteiger partial charge in [0.05, 0.1) is 6.61 Å². The number of nitrogens with two attached hydrogens (primary N) is 1. The van der Waals surface area contributed by atoms with Gasteiger partial charge in [0.25, 0.3) is 0 Å². The highest BCUT2D eigenvalue weighted by molar-refractivity contribution is 7.80. The molecule has 2 rings (SSSR count). The minimum Gasteiger partial charge on any atom is -0.395 e. The van der Waals surface area contributed by atoms with E-state index >= 15 is 0 Å². The lowest BCUT2D eigenvalue weighted by Crippen LogP contribution is -2.38. The van der Waals surface area contributed by atoms with Crippen LogP contribution < -0.4 is 5.73 Å². The van der Waals surface area contributed by atoms with E-state index in [0.29, 0.717) is 23.3 Å². The van der Waals surface area contributed by atoms with Gasteiger partial charge in [-0.15, -0.1) is 0 Å². The molecule has 4 nitrogen and oxygen atoms in total. The van der Waals surface area contributed by atoms with Crippen LogP contribution >= 0.6 is 12.2 Å². The molecule has 3 N–H and O–H groups in total. The summed E-state index contributed by atoms with van der Waals surface area (Å²) in [5, 5.41) is 9.32. The summed E-state index contributed by atoms with van der Waals surface area (Å²) < 4.78 is 0. The van der Waals surface area contributed by atoms with E-state index in [0.717, 1.165) is 12.1 Å². The molecule has 1 aromatic rings. The van der Waals surface area contributed by atoms with Crippen molar-refractivity contribution in [2.75, 3.05) is 13.2 Å². The third-order valence-corrected chi connectivity index (χ3v) is 4.17. The summed E-state index contributed by atoms with van der Waals surface area (Å²) in [6, 6.07) is 4.49. The van der Waals surface area contributed by atoms with Crippen LogP contribution in [0.2, 0.25) is 0 Å². The van der Waals surface area contributed by atoms with Gasteiger partial charge in [0.15, 0.2) is 0 Å². The molecule has 0 atom stereocenters. The summed E-state index contributed by atoms with van der Waals surface area (Å²) in [5.41, 5.74) is 7.51. The van der Waals surface area contributed by atoms with E-state index in [9.17, 15) is 5.11 Å². The highest BCUT2D eigenvalue weighted by atomic mass is 32.1. The van der Waals surface area contributed by atoms with Gasteiger partial charge in [-0.25, -0.2) is 0 Å². The molecular formula is C15H23N3OS. The Morgan fingerprint density at radius 3 is 2.80 bits per heavy atom. The highest BCUT2D eigenvalue weighted by Gasteiger charge is 2.22. The molecule has 0 bridgehead atoms. The standard InChI is InChI=1S/C15H23N3OS/c16-15(20)14-12(5-4-8-17-14)11-18(9-10-19)13-6-2-1-3-7-13/h4-5,8,13,19H,1-3,6-7,9-11H2,(H2,16,20). The Morgan fingerprint density at radius 1 is 1.40 bits per heavy atom. The molecule has 1 aliphatic rings. The first-order valence-electron chi connectivity index (χ1n) is 7.31. The molecule has 110 valence electrons. The molecule has 5 heteroatoms. The highest BCUT2D eigenvalue weighted by Crippen LogP contribution is 2.24. The Labute approximate surface area is 126 Å². The SMILES string of the molecule is NC(=S)c1ncccc1CN(CCO)C1CCCCC1. The number of hydrogen-bond acceptors (Lipinski definition) is 4. The van der Waals surface area contributed by atoms with E-state index in [2.05, 4.69) is 9.88 Å². The Hall–Kier alpha value is -1.04. The third-order valence-electron chi connectivity index (χ3n) is 3.98. The topological polar surface area (TPSA) is 62.4 Å². The van der Waals surface area contributed by atoms with E-state index in [1.54, 1.807) is 6.20 Å². The number of rotatable bonds is 6. The zero-order valence-corrected chi connectivity index (χ0v) is 12.6. The van der Waals surface area contributed by atoms with Gasteiger partial charge in [-0.1, -0.05) is 37.5 Å². The molecule has 0 radical (unpaired) electrons. The fraction of sp³-hybridized carbons (Fsp3) is 0.600. The van der Waals surface area contributed by atoms with Crippen LogP contribution in [0.5, 0.6) is 0 Å². The summed E-state index contributed by atoms with van der Waals surface area (Å²) in [4.78, 5) is 6.97. The fourth-order valence-electron chi connectivity index (χ4n) is 2.97. The number of aliphatic hydroxyl groups excluding tert-OH is 1. The molecule has 1 fully saturated rings. The Kier molecular flexibility index (Phi) is 5.88. The maximum atomic E-state index is 9.32. The smallest absolute Gasteiger partial charge is 0.123 e. The first-order chi connectivity index (χ1) is 9.72. The van der Waals surface area contributed by atoms with Crippen LogP contribution in [-0.2, 0) is 6.54 Å². The normalized spacial score (nSPS) is 16.5. The van der Waals surface area contributed by atoms with Crippen molar-refractivity contribution in [3.8, 4) is 0 Å². The minimum atomic E-state index is 0.180. The van der Waals surface area contributed by atoms with Crippen LogP contribution in [-0.4, -0.2) is 39.2 Å². The number of aliphatic hydroxyl groups is 1. The van der Waals surface area contributed by atoms with E-state index < -0.39 is 0 Å². The Morgan fingerprint density at radius 2 is 2.15 bits per heavy atom. The summed E-state index contributed by atoms with van der Waals surface area (Å²) in [7, 11) is 0. The lowest BCUT2D eigenvalue weighted by molar-refractivity contribution is 0.117. The van der Waals surface area contributed by atoms with Gasteiger partial charge in [-0.3, -0.25) is 9.88 Å². The second-order valence-corrected chi connectivity index (χ2v) is 5.80. The van der Waals surface area contributed by atoms with Crippen LogP contribution in [0.4, 0.5) is 0 Å². The van der Waals surface area contributed by atoms with Crippen molar-refractivity contribution in [1.82, 2.24) is 9.88 Å². The molecule has 1 heterocycles. The van der Waals surface area contributed by atoms with Crippen molar-refractivity contribution < 1.29 is 5.11 Å². The monoisotopic (exact) mass is 293 g/mol. The first kappa shape index (κ1) is 15.4. The van der Waals surface area contributed by atoms with Crippen LogP contribution in [0.25, 0.3) is 0 Å². The molecule has 0 aliphatic heterocycles. The molecule has 0 saturated heterocycles. The number of pyridine rings is 1. The number of hydrogen-bond donors (Lipinski definition) is 2. The maximum absolute atomic E-state index is 9.32. The zero-order chi connectivity index (χ0) is 14.4.